The Kier molecular flexibility index (Phi) is 4.60. The Bertz CT molecular complexity index is 709. The molecule has 1 fully saturated rings. The Morgan fingerprint density at radius 1 is 1.30 bits per heavy atom. The van der Waals surface area contributed by atoms with Crippen LogP contribution < -0.4 is 0 Å². The van der Waals surface area contributed by atoms with Gasteiger partial charge in [-0.2, -0.15) is 0 Å². The van der Waals surface area contributed by atoms with Crippen molar-refractivity contribution in [3.63, 3.8) is 0 Å². The number of carbonyl (C=O) groups excluding carboxylic acids is 1. The first kappa shape index (κ1) is 15.5. The van der Waals surface area contributed by atoms with Crippen molar-refractivity contribution in [3.8, 4) is 0 Å². The third-order valence-electron chi connectivity index (χ3n) is 4.41. The second-order valence-electron chi connectivity index (χ2n) is 5.97. The Morgan fingerprint density at radius 3 is 2.96 bits per heavy atom. The molecule has 122 valence electrons. The highest BCUT2D eigenvalue weighted by Crippen LogP contribution is 2.24. The minimum atomic E-state index is -0.814. The van der Waals surface area contributed by atoms with Crippen molar-refractivity contribution < 1.29 is 19.2 Å². The molecular weight excluding hydrogens is 296 g/mol. The number of nitrogens with zero attached hydrogens (tertiary/aromatic N) is 2. The molecule has 0 aliphatic carbocycles. The number of aromatic nitrogens is 1. The maximum absolute atomic E-state index is 12.7. The van der Waals surface area contributed by atoms with Gasteiger partial charge >= 0.3 is 5.97 Å². The lowest BCUT2D eigenvalue weighted by Gasteiger charge is -2.35. The summed E-state index contributed by atoms with van der Waals surface area (Å²) in [5, 5.41) is 13.7. The highest BCUT2D eigenvalue weighted by molar-refractivity contribution is 5.86. The third-order valence-corrected chi connectivity index (χ3v) is 4.41. The number of piperidine rings is 1. The molecule has 1 aliphatic heterocycles. The Balaban J connectivity index is 1.71. The van der Waals surface area contributed by atoms with Crippen molar-refractivity contribution in [2.75, 3.05) is 6.54 Å². The molecule has 0 radical (unpaired) electrons. The van der Waals surface area contributed by atoms with E-state index in [2.05, 4.69) is 5.16 Å². The summed E-state index contributed by atoms with van der Waals surface area (Å²) >= 11 is 0. The first-order chi connectivity index (χ1) is 11.1. The van der Waals surface area contributed by atoms with Crippen LogP contribution in [0.2, 0.25) is 0 Å². The van der Waals surface area contributed by atoms with Crippen LogP contribution in [0.4, 0.5) is 0 Å². The summed E-state index contributed by atoms with van der Waals surface area (Å²) in [6.07, 6.45) is 3.69. The van der Waals surface area contributed by atoms with Crippen LogP contribution in [-0.2, 0) is 16.0 Å². The van der Waals surface area contributed by atoms with E-state index in [-0.39, 0.29) is 24.8 Å². The summed E-state index contributed by atoms with van der Waals surface area (Å²) in [6.45, 7) is 0.693. The summed E-state index contributed by atoms with van der Waals surface area (Å²) in [6, 6.07) is 7.50. The number of hydrogen-bond acceptors (Lipinski definition) is 4. The number of hydrogen-bond donors (Lipinski definition) is 1. The Hall–Kier alpha value is -2.37. The van der Waals surface area contributed by atoms with Crippen molar-refractivity contribution in [1.29, 1.82) is 0 Å². The second-order valence-corrected chi connectivity index (χ2v) is 5.97. The quantitative estimate of drug-likeness (QED) is 0.916. The number of rotatable bonds is 5. The number of aliphatic carboxylic acids is 1. The highest BCUT2D eigenvalue weighted by atomic mass is 16.5. The van der Waals surface area contributed by atoms with Crippen LogP contribution in [0, 0.1) is 0 Å². The van der Waals surface area contributed by atoms with Crippen molar-refractivity contribution in [1.82, 2.24) is 10.1 Å². The summed E-state index contributed by atoms with van der Waals surface area (Å²) in [5.41, 5.74) is 1.32. The molecule has 2 heterocycles. The van der Waals surface area contributed by atoms with Gasteiger partial charge in [0.25, 0.3) is 0 Å². The molecule has 6 nitrogen and oxygen atoms in total. The van der Waals surface area contributed by atoms with E-state index in [0.717, 1.165) is 24.6 Å². The fraction of sp³-hybridized carbons (Fsp3) is 0.471. The molecule has 1 aromatic carbocycles. The lowest BCUT2D eigenvalue weighted by atomic mass is 9.97. The van der Waals surface area contributed by atoms with Crippen LogP contribution in [0.15, 0.2) is 28.8 Å². The summed E-state index contributed by atoms with van der Waals surface area (Å²) in [7, 11) is 0. The summed E-state index contributed by atoms with van der Waals surface area (Å²) in [5.74, 6) is -0.815. The molecule has 23 heavy (non-hydrogen) atoms. The van der Waals surface area contributed by atoms with Gasteiger partial charge in [0.15, 0.2) is 5.58 Å². The number of benzene rings is 1. The smallest absolute Gasteiger partial charge is 0.303 e. The predicted octanol–water partition coefficient (Wildman–Crippen LogP) is 2.62. The normalized spacial score (nSPS) is 18.3. The SMILES string of the molecule is O=C(O)CCC1CCCCN1C(=O)Cc1noc2ccccc12. The van der Waals surface area contributed by atoms with Gasteiger partial charge in [0, 0.05) is 24.4 Å². The van der Waals surface area contributed by atoms with Crippen molar-refractivity contribution in [2.45, 2.75) is 44.6 Å². The number of carboxylic acid groups (broad SMARTS) is 1. The Morgan fingerprint density at radius 2 is 2.13 bits per heavy atom. The van der Waals surface area contributed by atoms with E-state index in [4.69, 9.17) is 9.63 Å². The first-order valence-corrected chi connectivity index (χ1v) is 7.99. The zero-order valence-corrected chi connectivity index (χ0v) is 12.9. The average Bonchev–Trinajstić information content (AvgIpc) is 2.96. The van der Waals surface area contributed by atoms with Gasteiger partial charge in [-0.25, -0.2) is 0 Å². The molecule has 3 rings (SSSR count). The molecule has 0 spiro atoms. The molecule has 1 amide bonds. The lowest BCUT2D eigenvalue weighted by Crippen LogP contribution is -2.44. The maximum Gasteiger partial charge on any atom is 0.303 e. The number of carbonyl (C=O) groups is 2. The molecule has 2 aromatic rings. The van der Waals surface area contributed by atoms with Crippen molar-refractivity contribution >= 4 is 22.8 Å². The van der Waals surface area contributed by atoms with Crippen LogP contribution in [-0.4, -0.2) is 39.6 Å². The van der Waals surface area contributed by atoms with Gasteiger partial charge < -0.3 is 14.5 Å². The fourth-order valence-corrected chi connectivity index (χ4v) is 3.23. The van der Waals surface area contributed by atoms with Crippen molar-refractivity contribution in [3.05, 3.63) is 30.0 Å². The molecule has 1 aromatic heterocycles. The van der Waals surface area contributed by atoms with E-state index >= 15 is 0 Å². The minimum absolute atomic E-state index is 0.000795. The molecule has 1 N–H and O–H groups in total. The molecule has 0 bridgehead atoms. The van der Waals surface area contributed by atoms with Gasteiger partial charge in [-0.05, 0) is 37.8 Å². The van der Waals surface area contributed by atoms with Crippen LogP contribution >= 0.6 is 0 Å². The van der Waals surface area contributed by atoms with Gasteiger partial charge in [-0.1, -0.05) is 17.3 Å². The van der Waals surface area contributed by atoms with Gasteiger partial charge in [0.2, 0.25) is 5.91 Å². The molecule has 0 saturated carbocycles. The van der Waals surface area contributed by atoms with Gasteiger partial charge in [0.05, 0.1) is 6.42 Å². The maximum atomic E-state index is 12.7. The van der Waals surface area contributed by atoms with Gasteiger partial charge in [-0.15, -0.1) is 0 Å². The summed E-state index contributed by atoms with van der Waals surface area (Å²) in [4.78, 5) is 25.3. The van der Waals surface area contributed by atoms with E-state index < -0.39 is 5.97 Å². The highest BCUT2D eigenvalue weighted by Gasteiger charge is 2.28. The van der Waals surface area contributed by atoms with Gasteiger partial charge in [0.1, 0.15) is 5.69 Å². The molecule has 1 atom stereocenters. The zero-order valence-electron chi connectivity index (χ0n) is 12.9. The summed E-state index contributed by atoms with van der Waals surface area (Å²) < 4.78 is 5.24. The minimum Gasteiger partial charge on any atom is -0.481 e. The number of likely N-dealkylation sites (tertiary alicyclic amines) is 1. The molecule has 1 saturated heterocycles. The van der Waals surface area contributed by atoms with Crippen molar-refractivity contribution in [2.24, 2.45) is 0 Å². The largest absolute Gasteiger partial charge is 0.481 e. The molecule has 6 heteroatoms. The second kappa shape index (κ2) is 6.81. The van der Waals surface area contributed by atoms with Gasteiger partial charge in [-0.3, -0.25) is 9.59 Å². The fourth-order valence-electron chi connectivity index (χ4n) is 3.23. The predicted molar refractivity (Wildman–Crippen MR) is 83.9 cm³/mol. The first-order valence-electron chi connectivity index (χ1n) is 7.99. The molecular formula is C17H20N2O4. The number of amides is 1. The molecule has 1 aliphatic rings. The van der Waals surface area contributed by atoms with E-state index in [1.807, 2.05) is 29.2 Å². The third kappa shape index (κ3) is 3.52. The van der Waals surface area contributed by atoms with E-state index in [1.54, 1.807) is 0 Å². The monoisotopic (exact) mass is 316 g/mol. The number of carboxylic acids is 1. The average molecular weight is 316 g/mol. The number of fused-ring (bicyclic) bond motifs is 1. The van der Waals surface area contributed by atoms with Crippen LogP contribution in [0.3, 0.4) is 0 Å². The van der Waals surface area contributed by atoms with E-state index in [1.165, 1.54) is 0 Å². The lowest BCUT2D eigenvalue weighted by molar-refractivity contribution is -0.139. The molecule has 1 unspecified atom stereocenters. The standard InChI is InChI=1S/C17H20N2O4/c20-16(11-14-13-6-1-2-7-15(13)23-18-14)19-10-4-3-5-12(19)8-9-17(21)22/h1-2,6-7,12H,3-5,8-11H2,(H,21,22). The topological polar surface area (TPSA) is 83.6 Å². The van der Waals surface area contributed by atoms with Crippen LogP contribution in [0.25, 0.3) is 11.0 Å². The Labute approximate surface area is 134 Å². The number of para-hydroxylation sites is 1. The van der Waals surface area contributed by atoms with Crippen LogP contribution in [0.1, 0.15) is 37.8 Å². The van der Waals surface area contributed by atoms with Crippen LogP contribution in [0.5, 0.6) is 0 Å². The van der Waals surface area contributed by atoms with E-state index in [0.29, 0.717) is 24.2 Å². The van der Waals surface area contributed by atoms with E-state index in [9.17, 15) is 9.59 Å². The zero-order chi connectivity index (χ0) is 16.2.